The Balaban J connectivity index is 1.76. The van der Waals surface area contributed by atoms with Crippen LogP contribution in [0.25, 0.3) is 5.69 Å². The van der Waals surface area contributed by atoms with Crippen molar-refractivity contribution in [2.24, 2.45) is 5.10 Å². The molecule has 0 aliphatic rings. The highest BCUT2D eigenvalue weighted by molar-refractivity contribution is 7.92. The van der Waals surface area contributed by atoms with E-state index in [1.54, 1.807) is 18.2 Å². The molecule has 0 saturated carbocycles. The van der Waals surface area contributed by atoms with Crippen LogP contribution in [0.1, 0.15) is 17.0 Å². The predicted molar refractivity (Wildman–Crippen MR) is 135 cm³/mol. The predicted octanol–water partition coefficient (Wildman–Crippen LogP) is 4.97. The van der Waals surface area contributed by atoms with Crippen molar-refractivity contribution < 1.29 is 13.2 Å². The number of nitrogens with zero attached hydrogens (tertiary/aromatic N) is 3. The SMILES string of the molecule is Cc1cc(/C=N/NC(=O)CN(c2ccc(Cl)cc2)S(C)(=O)=O)c(C)n1-c1cccc(Cl)c1Cl. The Morgan fingerprint density at radius 1 is 1.12 bits per heavy atom. The molecule has 0 aliphatic heterocycles. The number of benzene rings is 2. The molecule has 33 heavy (non-hydrogen) atoms. The fourth-order valence-corrected chi connectivity index (χ4v) is 4.66. The third-order valence-electron chi connectivity index (χ3n) is 4.84. The summed E-state index contributed by atoms with van der Waals surface area (Å²) in [6.45, 7) is 3.37. The summed E-state index contributed by atoms with van der Waals surface area (Å²) in [4.78, 5) is 12.4. The van der Waals surface area contributed by atoms with Crippen molar-refractivity contribution >= 4 is 62.6 Å². The van der Waals surface area contributed by atoms with Crippen LogP contribution in [0.2, 0.25) is 15.1 Å². The molecule has 11 heteroatoms. The van der Waals surface area contributed by atoms with Crippen molar-refractivity contribution in [3.63, 3.8) is 0 Å². The molecule has 0 atom stereocenters. The highest BCUT2D eigenvalue weighted by Gasteiger charge is 2.21. The van der Waals surface area contributed by atoms with Gasteiger partial charge in [-0.15, -0.1) is 0 Å². The first kappa shape index (κ1) is 25.1. The van der Waals surface area contributed by atoms with Gasteiger partial charge < -0.3 is 4.57 Å². The lowest BCUT2D eigenvalue weighted by Gasteiger charge is -2.21. The van der Waals surface area contributed by atoms with E-state index in [2.05, 4.69) is 10.5 Å². The van der Waals surface area contributed by atoms with Crippen LogP contribution in [-0.4, -0.2) is 37.9 Å². The molecule has 3 rings (SSSR count). The Morgan fingerprint density at radius 2 is 1.79 bits per heavy atom. The van der Waals surface area contributed by atoms with E-state index in [4.69, 9.17) is 34.8 Å². The second-order valence-electron chi connectivity index (χ2n) is 7.27. The van der Waals surface area contributed by atoms with Crippen molar-refractivity contribution in [1.82, 2.24) is 9.99 Å². The molecule has 0 fully saturated rings. The summed E-state index contributed by atoms with van der Waals surface area (Å²) >= 11 is 18.4. The number of sulfonamides is 1. The average molecular weight is 528 g/mol. The maximum Gasteiger partial charge on any atom is 0.260 e. The number of anilines is 1. The number of carbonyl (C=O) groups excluding carboxylic acids is 1. The largest absolute Gasteiger partial charge is 0.316 e. The summed E-state index contributed by atoms with van der Waals surface area (Å²) in [5, 5.41) is 5.33. The summed E-state index contributed by atoms with van der Waals surface area (Å²) in [7, 11) is -3.70. The average Bonchev–Trinajstić information content (AvgIpc) is 3.01. The normalized spacial score (nSPS) is 11.7. The van der Waals surface area contributed by atoms with Crippen LogP contribution in [0.5, 0.6) is 0 Å². The number of nitrogens with one attached hydrogen (secondary N) is 1. The molecule has 0 aliphatic carbocycles. The Labute approximate surface area is 207 Å². The fraction of sp³-hybridized carbons (Fsp3) is 0.182. The van der Waals surface area contributed by atoms with Gasteiger partial charge in [0.2, 0.25) is 10.0 Å². The number of hydrogen-bond acceptors (Lipinski definition) is 4. The second kappa shape index (κ2) is 10.2. The lowest BCUT2D eigenvalue weighted by Crippen LogP contribution is -2.39. The van der Waals surface area contributed by atoms with Crippen LogP contribution in [-0.2, 0) is 14.8 Å². The third kappa shape index (κ3) is 5.89. The molecule has 1 amide bonds. The van der Waals surface area contributed by atoms with Crippen molar-refractivity contribution in [2.75, 3.05) is 17.1 Å². The number of aromatic nitrogens is 1. The standard InChI is InChI=1S/C22H21Cl3N4O3S/c1-14-11-16(15(2)29(14)20-6-4-5-19(24)22(20)25)12-26-27-21(30)13-28(33(3,31)32)18-9-7-17(23)8-10-18/h4-12H,13H2,1-3H3,(H,27,30)/b26-12+. The molecule has 0 bridgehead atoms. The van der Waals surface area contributed by atoms with Crippen molar-refractivity contribution in [1.29, 1.82) is 0 Å². The number of hydrazone groups is 1. The van der Waals surface area contributed by atoms with Gasteiger partial charge in [0.1, 0.15) is 6.54 Å². The van der Waals surface area contributed by atoms with E-state index in [1.807, 2.05) is 36.6 Å². The molecular weight excluding hydrogens is 507 g/mol. The minimum Gasteiger partial charge on any atom is -0.316 e. The van der Waals surface area contributed by atoms with E-state index in [0.717, 1.165) is 33.2 Å². The maximum atomic E-state index is 12.4. The van der Waals surface area contributed by atoms with Gasteiger partial charge in [-0.25, -0.2) is 13.8 Å². The minimum absolute atomic E-state index is 0.322. The van der Waals surface area contributed by atoms with Crippen LogP contribution in [0.4, 0.5) is 5.69 Å². The number of carbonyl (C=O) groups is 1. The Kier molecular flexibility index (Phi) is 7.74. The van der Waals surface area contributed by atoms with E-state index in [1.165, 1.54) is 18.3 Å². The Bertz CT molecular complexity index is 1320. The van der Waals surface area contributed by atoms with Crippen LogP contribution < -0.4 is 9.73 Å². The number of amides is 1. The molecule has 7 nitrogen and oxygen atoms in total. The van der Waals surface area contributed by atoms with Crippen molar-refractivity contribution in [3.8, 4) is 5.69 Å². The van der Waals surface area contributed by atoms with Crippen LogP contribution in [0.15, 0.2) is 53.6 Å². The Hall–Kier alpha value is -2.52. The zero-order valence-corrected chi connectivity index (χ0v) is 21.1. The number of aryl methyl sites for hydroxylation is 1. The topological polar surface area (TPSA) is 83.8 Å². The Morgan fingerprint density at radius 3 is 2.42 bits per heavy atom. The van der Waals surface area contributed by atoms with Gasteiger partial charge in [0, 0.05) is 22.0 Å². The van der Waals surface area contributed by atoms with Crippen molar-refractivity contribution in [3.05, 3.63) is 80.6 Å². The molecule has 0 spiro atoms. The zero-order valence-electron chi connectivity index (χ0n) is 18.0. The maximum absolute atomic E-state index is 12.4. The lowest BCUT2D eigenvalue weighted by molar-refractivity contribution is -0.119. The van der Waals surface area contributed by atoms with Gasteiger partial charge >= 0.3 is 0 Å². The monoisotopic (exact) mass is 526 g/mol. The summed E-state index contributed by atoms with van der Waals surface area (Å²) in [5.74, 6) is -0.599. The van der Waals surface area contributed by atoms with Gasteiger partial charge in [-0.1, -0.05) is 40.9 Å². The summed E-state index contributed by atoms with van der Waals surface area (Å²) in [6.07, 6.45) is 2.51. The molecule has 174 valence electrons. The van der Waals surface area contributed by atoms with Gasteiger partial charge in [-0.2, -0.15) is 5.10 Å². The number of halogens is 3. The van der Waals surface area contributed by atoms with Crippen LogP contribution in [0.3, 0.4) is 0 Å². The first-order chi connectivity index (χ1) is 15.5. The number of hydrogen-bond donors (Lipinski definition) is 1. The molecule has 0 radical (unpaired) electrons. The fourth-order valence-electron chi connectivity index (χ4n) is 3.30. The third-order valence-corrected chi connectivity index (χ3v) is 7.04. The molecule has 2 aromatic carbocycles. The van der Waals surface area contributed by atoms with Gasteiger partial charge in [-0.3, -0.25) is 9.10 Å². The van der Waals surface area contributed by atoms with E-state index in [-0.39, 0.29) is 0 Å². The van der Waals surface area contributed by atoms with Gasteiger partial charge in [-0.05, 0) is 56.3 Å². The molecule has 0 saturated heterocycles. The quantitative estimate of drug-likeness (QED) is 0.348. The van der Waals surface area contributed by atoms with Crippen molar-refractivity contribution in [2.45, 2.75) is 13.8 Å². The molecule has 1 heterocycles. The van der Waals surface area contributed by atoms with E-state index in [9.17, 15) is 13.2 Å². The molecule has 1 N–H and O–H groups in total. The summed E-state index contributed by atoms with van der Waals surface area (Å²) in [5.41, 5.74) is 5.92. The van der Waals surface area contributed by atoms with Gasteiger partial charge in [0.25, 0.3) is 5.91 Å². The lowest BCUT2D eigenvalue weighted by atomic mass is 10.2. The van der Waals surface area contributed by atoms with Gasteiger partial charge in [0.15, 0.2) is 0 Å². The molecule has 3 aromatic rings. The molecular formula is C22H21Cl3N4O3S. The highest BCUT2D eigenvalue weighted by Crippen LogP contribution is 2.31. The summed E-state index contributed by atoms with van der Waals surface area (Å²) < 4.78 is 27.2. The highest BCUT2D eigenvalue weighted by atomic mass is 35.5. The molecule has 1 aromatic heterocycles. The van der Waals surface area contributed by atoms with Crippen LogP contribution in [0, 0.1) is 13.8 Å². The molecule has 0 unspecified atom stereocenters. The second-order valence-corrected chi connectivity index (χ2v) is 10.4. The van der Waals surface area contributed by atoms with E-state index >= 15 is 0 Å². The summed E-state index contributed by atoms with van der Waals surface area (Å²) in [6, 6.07) is 13.4. The first-order valence-electron chi connectivity index (χ1n) is 9.67. The van der Waals surface area contributed by atoms with Gasteiger partial charge in [0.05, 0.1) is 33.9 Å². The minimum atomic E-state index is -3.70. The van der Waals surface area contributed by atoms with E-state index < -0.39 is 22.5 Å². The number of rotatable bonds is 7. The zero-order chi connectivity index (χ0) is 24.3. The van der Waals surface area contributed by atoms with E-state index in [0.29, 0.717) is 20.8 Å². The van der Waals surface area contributed by atoms with Crippen LogP contribution >= 0.6 is 34.8 Å². The first-order valence-corrected chi connectivity index (χ1v) is 12.7. The smallest absolute Gasteiger partial charge is 0.260 e.